The third kappa shape index (κ3) is 4.42. The lowest BCUT2D eigenvalue weighted by atomic mass is 9.79. The molecule has 0 saturated carbocycles. The summed E-state index contributed by atoms with van der Waals surface area (Å²) in [6.07, 6.45) is 1.39. The number of carbonyl (C=O) groups is 2. The zero-order chi connectivity index (χ0) is 18.7. The smallest absolute Gasteiger partial charge is 0.409 e. The van der Waals surface area contributed by atoms with Crippen LogP contribution in [-0.2, 0) is 19.6 Å². The molecule has 0 radical (unpaired) electrons. The lowest BCUT2D eigenvalue weighted by Crippen LogP contribution is -2.54. The molecule has 2 rings (SSSR count). The number of hydrogen-bond acceptors (Lipinski definition) is 6. The van der Waals surface area contributed by atoms with Crippen molar-refractivity contribution in [1.82, 2.24) is 14.7 Å². The van der Waals surface area contributed by atoms with E-state index in [-0.39, 0.29) is 31.7 Å². The quantitative estimate of drug-likeness (QED) is 0.541. The SMILES string of the molecule is COC(=O)N1CCC(CS(=O)(=O)N2CCC(C)CC2)(C(=O)NO)CC1. The summed E-state index contributed by atoms with van der Waals surface area (Å²) in [5, 5.41) is 9.10. The van der Waals surface area contributed by atoms with Gasteiger partial charge < -0.3 is 9.64 Å². The molecule has 2 aliphatic rings. The first-order chi connectivity index (χ1) is 11.7. The van der Waals surface area contributed by atoms with E-state index in [2.05, 4.69) is 11.7 Å². The monoisotopic (exact) mass is 377 g/mol. The molecule has 0 unspecified atom stereocenters. The van der Waals surface area contributed by atoms with E-state index in [9.17, 15) is 18.0 Å². The first-order valence-corrected chi connectivity index (χ1v) is 10.1. The Balaban J connectivity index is 2.13. The van der Waals surface area contributed by atoms with Crippen molar-refractivity contribution >= 4 is 22.0 Å². The fourth-order valence-electron chi connectivity index (χ4n) is 3.51. The summed E-state index contributed by atoms with van der Waals surface area (Å²) in [7, 11) is -2.37. The van der Waals surface area contributed by atoms with Crippen molar-refractivity contribution in [2.75, 3.05) is 39.0 Å². The van der Waals surface area contributed by atoms with Gasteiger partial charge in [0.15, 0.2) is 0 Å². The Morgan fingerprint density at radius 3 is 2.24 bits per heavy atom. The Morgan fingerprint density at radius 1 is 1.20 bits per heavy atom. The number of nitrogens with one attached hydrogen (secondary N) is 1. The maximum atomic E-state index is 12.8. The number of hydrogen-bond donors (Lipinski definition) is 2. The summed E-state index contributed by atoms with van der Waals surface area (Å²) < 4.78 is 31.7. The first kappa shape index (κ1) is 19.9. The molecule has 25 heavy (non-hydrogen) atoms. The third-order valence-electron chi connectivity index (χ3n) is 5.33. The second-order valence-corrected chi connectivity index (χ2v) is 8.99. The molecule has 0 aromatic heterocycles. The number of hydroxylamine groups is 1. The van der Waals surface area contributed by atoms with Gasteiger partial charge in [-0.15, -0.1) is 0 Å². The molecule has 0 aromatic carbocycles. The van der Waals surface area contributed by atoms with Crippen molar-refractivity contribution < 1.29 is 28.0 Å². The maximum Gasteiger partial charge on any atom is 0.409 e. The van der Waals surface area contributed by atoms with Crippen LogP contribution in [0.2, 0.25) is 0 Å². The van der Waals surface area contributed by atoms with Gasteiger partial charge in [-0.05, 0) is 31.6 Å². The van der Waals surface area contributed by atoms with Crippen molar-refractivity contribution in [2.24, 2.45) is 11.3 Å². The fraction of sp³-hybridized carbons (Fsp3) is 0.867. The molecule has 0 aromatic rings. The van der Waals surface area contributed by atoms with Crippen LogP contribution < -0.4 is 5.48 Å². The summed E-state index contributed by atoms with van der Waals surface area (Å²) in [5.74, 6) is -0.592. The lowest BCUT2D eigenvalue weighted by Gasteiger charge is -2.40. The largest absolute Gasteiger partial charge is 0.453 e. The molecule has 2 fully saturated rings. The van der Waals surface area contributed by atoms with Crippen molar-refractivity contribution in [3.05, 3.63) is 0 Å². The molecule has 0 bridgehead atoms. The number of rotatable bonds is 4. The van der Waals surface area contributed by atoms with Crippen LogP contribution in [0, 0.1) is 11.3 Å². The second kappa shape index (κ2) is 7.88. The maximum absolute atomic E-state index is 12.8. The van der Waals surface area contributed by atoms with Crippen LogP contribution in [0.1, 0.15) is 32.6 Å². The van der Waals surface area contributed by atoms with Gasteiger partial charge >= 0.3 is 6.09 Å². The standard InChI is InChI=1S/C15H27N3O6S/c1-12-3-7-18(8-4-12)25(22,23)11-15(13(19)16-21)5-9-17(10-6-15)14(20)24-2/h12,21H,3-11H2,1-2H3,(H,16,19). The molecule has 2 heterocycles. The predicted molar refractivity (Wildman–Crippen MR) is 89.3 cm³/mol. The van der Waals surface area contributed by atoms with Crippen LogP contribution in [0.5, 0.6) is 0 Å². The zero-order valence-electron chi connectivity index (χ0n) is 14.7. The summed E-state index contributed by atoms with van der Waals surface area (Å²) in [6.45, 7) is 3.40. The van der Waals surface area contributed by atoms with E-state index in [1.54, 1.807) is 5.48 Å². The summed E-state index contributed by atoms with van der Waals surface area (Å²) in [6, 6.07) is 0. The van der Waals surface area contributed by atoms with Gasteiger partial charge in [-0.1, -0.05) is 6.92 Å². The molecule has 2 saturated heterocycles. The molecule has 0 aliphatic carbocycles. The number of methoxy groups -OCH3 is 1. The Kier molecular flexibility index (Phi) is 6.28. The number of amides is 2. The average Bonchev–Trinajstić information content (AvgIpc) is 2.61. The summed E-state index contributed by atoms with van der Waals surface area (Å²) in [4.78, 5) is 25.3. The number of piperidine rings is 2. The van der Waals surface area contributed by atoms with E-state index < -0.39 is 27.4 Å². The molecule has 0 atom stereocenters. The predicted octanol–water partition coefficient (Wildman–Crippen LogP) is 0.402. The highest BCUT2D eigenvalue weighted by Gasteiger charge is 2.47. The van der Waals surface area contributed by atoms with Gasteiger partial charge in [0.1, 0.15) is 0 Å². The Labute approximate surface area is 148 Å². The van der Waals surface area contributed by atoms with Crippen molar-refractivity contribution in [2.45, 2.75) is 32.6 Å². The van der Waals surface area contributed by atoms with Crippen molar-refractivity contribution in [3.8, 4) is 0 Å². The molecule has 144 valence electrons. The molecular formula is C15H27N3O6S. The highest BCUT2D eigenvalue weighted by Crippen LogP contribution is 2.35. The van der Waals surface area contributed by atoms with Gasteiger partial charge in [-0.25, -0.2) is 23.0 Å². The fourth-order valence-corrected chi connectivity index (χ4v) is 5.57. The van der Waals surface area contributed by atoms with E-state index in [4.69, 9.17) is 5.21 Å². The van der Waals surface area contributed by atoms with Crippen LogP contribution in [0.25, 0.3) is 0 Å². The van der Waals surface area contributed by atoms with Gasteiger partial charge in [0.25, 0.3) is 5.91 Å². The number of nitrogens with zero attached hydrogens (tertiary/aromatic N) is 2. The minimum absolute atomic E-state index is 0.151. The van der Waals surface area contributed by atoms with E-state index in [1.807, 2.05) is 0 Å². The number of carbonyl (C=O) groups excluding carboxylic acids is 2. The van der Waals surface area contributed by atoms with E-state index in [1.165, 1.54) is 16.3 Å². The van der Waals surface area contributed by atoms with E-state index in [0.29, 0.717) is 19.0 Å². The molecular weight excluding hydrogens is 350 g/mol. The van der Waals surface area contributed by atoms with Gasteiger partial charge in [-0.2, -0.15) is 0 Å². The van der Waals surface area contributed by atoms with Crippen LogP contribution in [-0.4, -0.2) is 73.9 Å². The molecule has 10 heteroatoms. The topological polar surface area (TPSA) is 116 Å². The van der Waals surface area contributed by atoms with Gasteiger partial charge in [0.05, 0.1) is 18.3 Å². The van der Waals surface area contributed by atoms with Crippen LogP contribution in [0.4, 0.5) is 4.79 Å². The van der Waals surface area contributed by atoms with E-state index in [0.717, 1.165) is 12.8 Å². The van der Waals surface area contributed by atoms with Crippen LogP contribution in [0.3, 0.4) is 0 Å². The number of likely N-dealkylation sites (tertiary alicyclic amines) is 1. The molecule has 0 spiro atoms. The van der Waals surface area contributed by atoms with Gasteiger partial charge in [-0.3, -0.25) is 10.0 Å². The lowest BCUT2D eigenvalue weighted by molar-refractivity contribution is -0.141. The van der Waals surface area contributed by atoms with E-state index >= 15 is 0 Å². The molecule has 9 nitrogen and oxygen atoms in total. The Morgan fingerprint density at radius 2 is 1.76 bits per heavy atom. The minimum Gasteiger partial charge on any atom is -0.453 e. The first-order valence-electron chi connectivity index (χ1n) is 8.49. The summed E-state index contributed by atoms with van der Waals surface area (Å²) in [5.41, 5.74) is 0.361. The van der Waals surface area contributed by atoms with Gasteiger partial charge in [0.2, 0.25) is 10.0 Å². The van der Waals surface area contributed by atoms with Crippen LogP contribution >= 0.6 is 0 Å². The van der Waals surface area contributed by atoms with Crippen molar-refractivity contribution in [3.63, 3.8) is 0 Å². The zero-order valence-corrected chi connectivity index (χ0v) is 15.5. The minimum atomic E-state index is -3.64. The van der Waals surface area contributed by atoms with Crippen LogP contribution in [0.15, 0.2) is 0 Å². The Hall–Kier alpha value is -1.39. The van der Waals surface area contributed by atoms with Gasteiger partial charge in [0, 0.05) is 26.2 Å². The summed E-state index contributed by atoms with van der Waals surface area (Å²) >= 11 is 0. The third-order valence-corrected chi connectivity index (χ3v) is 7.40. The molecule has 2 aliphatic heterocycles. The Bertz CT molecular complexity index is 592. The highest BCUT2D eigenvalue weighted by atomic mass is 32.2. The average molecular weight is 377 g/mol. The number of sulfonamides is 1. The number of ether oxygens (including phenoxy) is 1. The molecule has 2 N–H and O–H groups in total. The normalized spacial score (nSPS) is 22.4. The second-order valence-electron chi connectivity index (χ2n) is 7.02. The van der Waals surface area contributed by atoms with Crippen molar-refractivity contribution in [1.29, 1.82) is 0 Å². The molecule has 2 amide bonds. The highest BCUT2D eigenvalue weighted by molar-refractivity contribution is 7.89.